The molecule has 2 heterocycles. The first-order chi connectivity index (χ1) is 6.66. The van der Waals surface area contributed by atoms with Crippen LogP contribution in [0.1, 0.15) is 4.88 Å². The molecule has 2 rings (SSSR count). The standard InChI is InChI=1S/C9H12BrNO2S/c10-6-1-2-14-9(6)5-11-3-7(12)8(13)4-11/h1-2,7-8,12-13H,3-5H2/t7-,8+. The molecule has 0 spiro atoms. The van der Waals surface area contributed by atoms with E-state index in [4.69, 9.17) is 0 Å². The minimum Gasteiger partial charge on any atom is -0.389 e. The molecule has 0 unspecified atom stereocenters. The second-order valence-electron chi connectivity index (χ2n) is 3.52. The van der Waals surface area contributed by atoms with Crippen LogP contribution in [0.4, 0.5) is 0 Å². The van der Waals surface area contributed by atoms with E-state index in [0.717, 1.165) is 11.0 Å². The fourth-order valence-electron chi connectivity index (χ4n) is 1.62. The van der Waals surface area contributed by atoms with E-state index in [-0.39, 0.29) is 0 Å². The number of hydrogen-bond acceptors (Lipinski definition) is 4. The lowest BCUT2D eigenvalue weighted by atomic mass is 10.3. The number of nitrogens with zero attached hydrogens (tertiary/aromatic N) is 1. The average molecular weight is 278 g/mol. The van der Waals surface area contributed by atoms with Gasteiger partial charge in [-0.25, -0.2) is 0 Å². The monoisotopic (exact) mass is 277 g/mol. The summed E-state index contributed by atoms with van der Waals surface area (Å²) in [6.45, 7) is 1.92. The van der Waals surface area contributed by atoms with Crippen molar-refractivity contribution < 1.29 is 10.2 Å². The number of aliphatic hydroxyl groups is 2. The molecule has 1 aromatic rings. The maximum atomic E-state index is 9.37. The van der Waals surface area contributed by atoms with Crippen LogP contribution in [-0.4, -0.2) is 40.4 Å². The van der Waals surface area contributed by atoms with Crippen molar-refractivity contribution in [3.8, 4) is 0 Å². The smallest absolute Gasteiger partial charge is 0.0938 e. The normalized spacial score (nSPS) is 28.5. The maximum Gasteiger partial charge on any atom is 0.0938 e. The van der Waals surface area contributed by atoms with Crippen molar-refractivity contribution in [2.24, 2.45) is 0 Å². The quantitative estimate of drug-likeness (QED) is 0.850. The third-order valence-electron chi connectivity index (χ3n) is 2.39. The molecule has 78 valence electrons. The minimum absolute atomic E-state index is 0.561. The zero-order chi connectivity index (χ0) is 10.1. The molecule has 0 radical (unpaired) electrons. The maximum absolute atomic E-state index is 9.37. The van der Waals surface area contributed by atoms with Crippen LogP contribution < -0.4 is 0 Å². The predicted octanol–water partition coefficient (Wildman–Crippen LogP) is 1.05. The molecule has 2 atom stereocenters. The van der Waals surface area contributed by atoms with E-state index in [1.165, 1.54) is 4.88 Å². The van der Waals surface area contributed by atoms with Gasteiger partial charge in [0.25, 0.3) is 0 Å². The molecular weight excluding hydrogens is 266 g/mol. The van der Waals surface area contributed by atoms with Gasteiger partial charge in [-0.05, 0) is 27.4 Å². The molecule has 1 aromatic heterocycles. The molecule has 1 fully saturated rings. The van der Waals surface area contributed by atoms with Crippen molar-refractivity contribution >= 4 is 27.3 Å². The number of rotatable bonds is 2. The van der Waals surface area contributed by atoms with Crippen LogP contribution >= 0.6 is 27.3 Å². The number of thiophene rings is 1. The van der Waals surface area contributed by atoms with Gasteiger partial charge in [0, 0.05) is 29.0 Å². The molecular formula is C9H12BrNO2S. The van der Waals surface area contributed by atoms with Gasteiger partial charge in [0.1, 0.15) is 0 Å². The van der Waals surface area contributed by atoms with Gasteiger partial charge in [0.05, 0.1) is 12.2 Å². The minimum atomic E-state index is -0.589. The largest absolute Gasteiger partial charge is 0.389 e. The molecule has 1 aliphatic rings. The zero-order valence-electron chi connectivity index (χ0n) is 7.56. The lowest BCUT2D eigenvalue weighted by Gasteiger charge is -2.13. The van der Waals surface area contributed by atoms with Crippen LogP contribution in [0.15, 0.2) is 15.9 Å². The van der Waals surface area contributed by atoms with Crippen LogP contribution in [-0.2, 0) is 6.54 Å². The third-order valence-corrected chi connectivity index (χ3v) is 4.30. The Morgan fingerprint density at radius 1 is 1.43 bits per heavy atom. The lowest BCUT2D eigenvalue weighted by molar-refractivity contribution is 0.0572. The highest BCUT2D eigenvalue weighted by Gasteiger charge is 2.29. The summed E-state index contributed by atoms with van der Waals surface area (Å²) in [5.74, 6) is 0. The molecule has 1 aliphatic heterocycles. The molecule has 0 amide bonds. The van der Waals surface area contributed by atoms with Crippen LogP contribution in [0.25, 0.3) is 0 Å². The Hall–Kier alpha value is 0.0600. The topological polar surface area (TPSA) is 43.7 Å². The second-order valence-corrected chi connectivity index (χ2v) is 5.38. The van der Waals surface area contributed by atoms with Crippen molar-refractivity contribution in [3.05, 3.63) is 20.8 Å². The second kappa shape index (κ2) is 4.28. The van der Waals surface area contributed by atoms with Crippen molar-refractivity contribution in [2.75, 3.05) is 13.1 Å². The van der Waals surface area contributed by atoms with Crippen LogP contribution in [0.5, 0.6) is 0 Å². The van der Waals surface area contributed by atoms with Crippen molar-refractivity contribution in [2.45, 2.75) is 18.8 Å². The molecule has 0 saturated carbocycles. The van der Waals surface area contributed by atoms with Crippen LogP contribution in [0.3, 0.4) is 0 Å². The van der Waals surface area contributed by atoms with Crippen molar-refractivity contribution in [1.29, 1.82) is 0 Å². The highest BCUT2D eigenvalue weighted by molar-refractivity contribution is 9.10. The highest BCUT2D eigenvalue weighted by Crippen LogP contribution is 2.25. The molecule has 3 nitrogen and oxygen atoms in total. The van der Waals surface area contributed by atoms with E-state index in [1.54, 1.807) is 11.3 Å². The first kappa shape index (κ1) is 10.6. The number of β-amino-alcohol motifs (C(OH)–C–C–N with tert-alkyl or cyclic N) is 2. The Morgan fingerprint density at radius 2 is 2.07 bits per heavy atom. The molecule has 0 aromatic carbocycles. The summed E-state index contributed by atoms with van der Waals surface area (Å²) in [6.07, 6.45) is -1.18. The van der Waals surface area contributed by atoms with Crippen molar-refractivity contribution in [3.63, 3.8) is 0 Å². The predicted molar refractivity (Wildman–Crippen MR) is 59.3 cm³/mol. The van der Waals surface area contributed by atoms with E-state index in [2.05, 4.69) is 20.8 Å². The van der Waals surface area contributed by atoms with Crippen LogP contribution in [0.2, 0.25) is 0 Å². The Morgan fingerprint density at radius 3 is 2.57 bits per heavy atom. The SMILES string of the molecule is O[C@@H]1CN(Cc2sccc2Br)C[C@@H]1O. The van der Waals surface area contributed by atoms with E-state index >= 15 is 0 Å². The fraction of sp³-hybridized carbons (Fsp3) is 0.556. The number of aliphatic hydroxyl groups excluding tert-OH is 2. The Bertz CT molecular complexity index is 308. The summed E-state index contributed by atoms with van der Waals surface area (Å²) < 4.78 is 1.11. The van der Waals surface area contributed by atoms with Gasteiger partial charge in [-0.1, -0.05) is 0 Å². The van der Waals surface area contributed by atoms with Gasteiger partial charge >= 0.3 is 0 Å². The summed E-state index contributed by atoms with van der Waals surface area (Å²) in [5.41, 5.74) is 0. The first-order valence-electron chi connectivity index (χ1n) is 4.47. The van der Waals surface area contributed by atoms with Crippen molar-refractivity contribution in [1.82, 2.24) is 4.90 Å². The number of likely N-dealkylation sites (tertiary alicyclic amines) is 1. The number of hydrogen-bond donors (Lipinski definition) is 2. The lowest BCUT2D eigenvalue weighted by Crippen LogP contribution is -2.22. The molecule has 1 saturated heterocycles. The van der Waals surface area contributed by atoms with E-state index in [9.17, 15) is 10.2 Å². The van der Waals surface area contributed by atoms with Gasteiger partial charge in [0.15, 0.2) is 0 Å². The molecule has 2 N–H and O–H groups in total. The number of halogens is 1. The van der Waals surface area contributed by atoms with Gasteiger partial charge in [-0.2, -0.15) is 0 Å². The van der Waals surface area contributed by atoms with Gasteiger partial charge in [-0.15, -0.1) is 11.3 Å². The third kappa shape index (κ3) is 2.17. The molecule has 0 bridgehead atoms. The summed E-state index contributed by atoms with van der Waals surface area (Å²) in [5, 5.41) is 20.8. The summed E-state index contributed by atoms with van der Waals surface area (Å²) in [7, 11) is 0. The van der Waals surface area contributed by atoms with Gasteiger partial charge in [-0.3, -0.25) is 4.90 Å². The van der Waals surface area contributed by atoms with E-state index in [1.807, 2.05) is 11.4 Å². The zero-order valence-corrected chi connectivity index (χ0v) is 9.96. The summed E-state index contributed by atoms with van der Waals surface area (Å²) in [6, 6.07) is 2.02. The molecule has 0 aliphatic carbocycles. The fourth-order valence-corrected chi connectivity index (χ4v) is 3.14. The molecule has 14 heavy (non-hydrogen) atoms. The van der Waals surface area contributed by atoms with E-state index in [0.29, 0.717) is 13.1 Å². The van der Waals surface area contributed by atoms with Gasteiger partial charge in [0.2, 0.25) is 0 Å². The average Bonchev–Trinajstić information content (AvgIpc) is 2.63. The Labute approximate surface area is 95.1 Å². The Kier molecular flexibility index (Phi) is 3.23. The van der Waals surface area contributed by atoms with E-state index < -0.39 is 12.2 Å². The summed E-state index contributed by atoms with van der Waals surface area (Å²) in [4.78, 5) is 3.30. The first-order valence-corrected chi connectivity index (χ1v) is 6.14. The molecule has 5 heteroatoms. The van der Waals surface area contributed by atoms with Gasteiger partial charge < -0.3 is 10.2 Å². The highest BCUT2D eigenvalue weighted by atomic mass is 79.9. The van der Waals surface area contributed by atoms with Crippen LogP contribution in [0, 0.1) is 0 Å². The summed E-state index contributed by atoms with van der Waals surface area (Å²) >= 11 is 5.15. The Balaban J connectivity index is 1.97.